The molecule has 0 bridgehead atoms. The summed E-state index contributed by atoms with van der Waals surface area (Å²) in [5.74, 6) is 0.689. The summed E-state index contributed by atoms with van der Waals surface area (Å²) in [6.07, 6.45) is 0.0791. The largest absolute Gasteiger partial charge is 0.354 e. The molecular weight excluding hydrogens is 364 g/mol. The lowest BCUT2D eigenvalue weighted by Gasteiger charge is -2.09. The minimum atomic E-state index is -3.58. The highest BCUT2D eigenvalue weighted by Gasteiger charge is 2.13. The maximum atomic E-state index is 12.1. The fourth-order valence-corrected chi connectivity index (χ4v) is 3.91. The lowest BCUT2D eigenvalue weighted by Crippen LogP contribution is -2.32. The first kappa shape index (κ1) is 19.1. The van der Waals surface area contributed by atoms with E-state index in [1.54, 1.807) is 18.2 Å². The van der Waals surface area contributed by atoms with Crippen molar-refractivity contribution >= 4 is 27.0 Å². The van der Waals surface area contributed by atoms with E-state index in [9.17, 15) is 13.2 Å². The zero-order valence-corrected chi connectivity index (χ0v) is 15.9. The molecule has 0 spiro atoms. The van der Waals surface area contributed by atoms with Gasteiger partial charge in [0.2, 0.25) is 15.9 Å². The molecule has 2 aromatic carbocycles. The summed E-state index contributed by atoms with van der Waals surface area (Å²) in [4.78, 5) is 16.6. The van der Waals surface area contributed by atoms with Crippen molar-refractivity contribution in [3.8, 4) is 0 Å². The van der Waals surface area contributed by atoms with E-state index in [2.05, 4.69) is 15.0 Å². The van der Waals surface area contributed by atoms with Gasteiger partial charge >= 0.3 is 0 Å². The van der Waals surface area contributed by atoms with Crippen LogP contribution in [0, 0.1) is 6.92 Å². The number of amides is 1. The molecule has 1 aromatic heterocycles. The van der Waals surface area contributed by atoms with E-state index in [1.165, 1.54) is 12.1 Å². The van der Waals surface area contributed by atoms with Crippen LogP contribution in [0.4, 0.5) is 0 Å². The van der Waals surface area contributed by atoms with Gasteiger partial charge in [0.1, 0.15) is 5.82 Å². The molecule has 7 nitrogen and oxygen atoms in total. The second-order valence-electron chi connectivity index (χ2n) is 6.11. The molecule has 3 aromatic rings. The van der Waals surface area contributed by atoms with Gasteiger partial charge in [0.15, 0.2) is 0 Å². The molecule has 0 atom stereocenters. The van der Waals surface area contributed by atoms with Crippen LogP contribution in [0.2, 0.25) is 0 Å². The number of sulfonamides is 1. The van der Waals surface area contributed by atoms with E-state index < -0.39 is 10.0 Å². The van der Waals surface area contributed by atoms with Crippen molar-refractivity contribution in [3.63, 3.8) is 0 Å². The van der Waals surface area contributed by atoms with Crippen molar-refractivity contribution < 1.29 is 13.2 Å². The number of imidazole rings is 1. The van der Waals surface area contributed by atoms with Gasteiger partial charge in [-0.25, -0.2) is 18.1 Å². The Bertz CT molecular complexity index is 1030. The Kier molecular flexibility index (Phi) is 5.88. The van der Waals surface area contributed by atoms with Gasteiger partial charge in [-0.05, 0) is 31.2 Å². The van der Waals surface area contributed by atoms with Crippen LogP contribution in [-0.2, 0) is 21.4 Å². The van der Waals surface area contributed by atoms with E-state index in [1.807, 2.05) is 35.8 Å². The average Bonchev–Trinajstić information content (AvgIpc) is 2.98. The maximum Gasteiger partial charge on any atom is 0.240 e. The zero-order chi connectivity index (χ0) is 19.3. The molecule has 0 aliphatic rings. The number of aromatic nitrogens is 2. The molecule has 1 heterocycles. The quantitative estimate of drug-likeness (QED) is 0.618. The predicted octanol–water partition coefficient (Wildman–Crippen LogP) is 1.83. The molecule has 1 amide bonds. The van der Waals surface area contributed by atoms with Gasteiger partial charge in [-0.3, -0.25) is 4.79 Å². The van der Waals surface area contributed by atoms with Crippen LogP contribution in [0.3, 0.4) is 0 Å². The number of rotatable bonds is 8. The van der Waals surface area contributed by atoms with E-state index >= 15 is 0 Å². The molecule has 0 saturated heterocycles. The molecule has 0 unspecified atom stereocenters. The number of benzene rings is 2. The normalized spacial score (nSPS) is 11.6. The third-order valence-corrected chi connectivity index (χ3v) is 5.68. The number of hydrogen-bond donors (Lipinski definition) is 2. The van der Waals surface area contributed by atoms with Crippen LogP contribution >= 0.6 is 0 Å². The van der Waals surface area contributed by atoms with Crippen molar-refractivity contribution in [3.05, 3.63) is 60.4 Å². The predicted molar refractivity (Wildman–Crippen MR) is 104 cm³/mol. The molecule has 8 heteroatoms. The second kappa shape index (κ2) is 8.32. The van der Waals surface area contributed by atoms with Crippen molar-refractivity contribution in [1.29, 1.82) is 0 Å². The van der Waals surface area contributed by atoms with Crippen LogP contribution < -0.4 is 10.0 Å². The number of hydrogen-bond acceptors (Lipinski definition) is 4. The molecule has 0 aliphatic heterocycles. The Labute approximate surface area is 158 Å². The van der Waals surface area contributed by atoms with Crippen LogP contribution in [0.1, 0.15) is 12.2 Å². The summed E-state index contributed by atoms with van der Waals surface area (Å²) in [6, 6.07) is 15.9. The van der Waals surface area contributed by atoms with E-state index in [4.69, 9.17) is 0 Å². The highest BCUT2D eigenvalue weighted by Crippen LogP contribution is 2.14. The lowest BCUT2D eigenvalue weighted by atomic mass is 10.3. The van der Waals surface area contributed by atoms with Crippen molar-refractivity contribution in [2.24, 2.45) is 0 Å². The molecule has 142 valence electrons. The third kappa shape index (κ3) is 4.72. The Morgan fingerprint density at radius 1 is 1.04 bits per heavy atom. The van der Waals surface area contributed by atoms with E-state index in [0.717, 1.165) is 16.9 Å². The molecule has 27 heavy (non-hydrogen) atoms. The van der Waals surface area contributed by atoms with E-state index in [0.29, 0.717) is 13.1 Å². The summed E-state index contributed by atoms with van der Waals surface area (Å²) in [7, 11) is -3.58. The van der Waals surface area contributed by atoms with Gasteiger partial charge in [-0.15, -0.1) is 0 Å². The second-order valence-corrected chi connectivity index (χ2v) is 7.88. The van der Waals surface area contributed by atoms with Gasteiger partial charge < -0.3 is 9.88 Å². The van der Waals surface area contributed by atoms with Crippen LogP contribution in [0.25, 0.3) is 11.0 Å². The van der Waals surface area contributed by atoms with Crippen LogP contribution in [-0.4, -0.2) is 37.0 Å². The number of aryl methyl sites for hydroxylation is 1. The van der Waals surface area contributed by atoms with Gasteiger partial charge in [0.05, 0.1) is 15.9 Å². The summed E-state index contributed by atoms with van der Waals surface area (Å²) >= 11 is 0. The fourth-order valence-electron chi connectivity index (χ4n) is 2.86. The Morgan fingerprint density at radius 3 is 2.52 bits per heavy atom. The smallest absolute Gasteiger partial charge is 0.240 e. The third-order valence-electron chi connectivity index (χ3n) is 4.20. The first-order valence-corrected chi connectivity index (χ1v) is 10.2. The van der Waals surface area contributed by atoms with E-state index in [-0.39, 0.29) is 23.8 Å². The zero-order valence-electron chi connectivity index (χ0n) is 15.1. The van der Waals surface area contributed by atoms with Crippen LogP contribution in [0.5, 0.6) is 0 Å². The van der Waals surface area contributed by atoms with Gasteiger partial charge in [-0.1, -0.05) is 30.3 Å². The molecule has 0 radical (unpaired) electrons. The number of nitrogens with zero attached hydrogens (tertiary/aromatic N) is 2. The summed E-state index contributed by atoms with van der Waals surface area (Å²) in [6.45, 7) is 3.04. The average molecular weight is 386 g/mol. The monoisotopic (exact) mass is 386 g/mol. The molecule has 3 rings (SSSR count). The number of nitrogens with one attached hydrogen (secondary N) is 2. The Hall–Kier alpha value is -2.71. The highest BCUT2D eigenvalue weighted by molar-refractivity contribution is 7.89. The Balaban J connectivity index is 1.46. The number of fused-ring (bicyclic) bond motifs is 1. The fraction of sp³-hybridized carbons (Fsp3) is 0.263. The Morgan fingerprint density at radius 2 is 1.74 bits per heavy atom. The van der Waals surface area contributed by atoms with Crippen LogP contribution in [0.15, 0.2) is 59.5 Å². The van der Waals surface area contributed by atoms with Crippen molar-refractivity contribution in [2.75, 3.05) is 13.1 Å². The summed E-state index contributed by atoms with van der Waals surface area (Å²) in [5, 5.41) is 2.82. The molecule has 0 fully saturated rings. The molecule has 0 saturated carbocycles. The van der Waals surface area contributed by atoms with Gasteiger partial charge in [-0.2, -0.15) is 0 Å². The van der Waals surface area contributed by atoms with Crippen molar-refractivity contribution in [1.82, 2.24) is 19.6 Å². The first-order chi connectivity index (χ1) is 13.0. The molecular formula is C19H22N4O3S. The minimum absolute atomic E-state index is 0.0517. The topological polar surface area (TPSA) is 93.1 Å². The molecule has 2 N–H and O–H groups in total. The standard InChI is InChI=1S/C19H22N4O3S/c1-15-22-17-9-5-6-10-18(17)23(15)14-13-20-19(24)11-12-21-27(25,26)16-7-3-2-4-8-16/h2-10,21H,11-14H2,1H3,(H,20,24). The maximum absolute atomic E-state index is 12.1. The minimum Gasteiger partial charge on any atom is -0.354 e. The van der Waals surface area contributed by atoms with Crippen molar-refractivity contribution in [2.45, 2.75) is 24.8 Å². The summed E-state index contributed by atoms with van der Waals surface area (Å²) < 4.78 is 28.7. The molecule has 0 aliphatic carbocycles. The van der Waals surface area contributed by atoms with Gasteiger partial charge in [0, 0.05) is 26.1 Å². The number of carbonyl (C=O) groups is 1. The lowest BCUT2D eigenvalue weighted by molar-refractivity contribution is -0.120. The number of carbonyl (C=O) groups excluding carboxylic acids is 1. The van der Waals surface area contributed by atoms with Gasteiger partial charge in [0.25, 0.3) is 0 Å². The highest BCUT2D eigenvalue weighted by atomic mass is 32.2. The first-order valence-electron chi connectivity index (χ1n) is 8.71. The SMILES string of the molecule is Cc1nc2ccccc2n1CCNC(=O)CCNS(=O)(=O)c1ccccc1. The summed E-state index contributed by atoms with van der Waals surface area (Å²) in [5.41, 5.74) is 1.96. The number of para-hydroxylation sites is 2.